The molecule has 154 valence electrons. The number of allylic oxidation sites excluding steroid dienone is 2. The number of hydrogen-bond acceptors (Lipinski definition) is 4. The van der Waals surface area contributed by atoms with Crippen LogP contribution >= 0.6 is 34.8 Å². The van der Waals surface area contributed by atoms with E-state index in [-0.39, 0.29) is 28.8 Å². The van der Waals surface area contributed by atoms with Crippen LogP contribution in [0.25, 0.3) is 0 Å². The van der Waals surface area contributed by atoms with Gasteiger partial charge in [-0.1, -0.05) is 46.9 Å². The molecule has 1 aliphatic heterocycles. The van der Waals surface area contributed by atoms with Crippen LogP contribution in [0.5, 0.6) is 0 Å². The lowest BCUT2D eigenvalue weighted by molar-refractivity contribution is -0.384. The van der Waals surface area contributed by atoms with Crippen LogP contribution in [0.4, 0.5) is 11.4 Å². The van der Waals surface area contributed by atoms with Crippen LogP contribution in [0, 0.1) is 10.1 Å². The molecule has 0 aromatic heterocycles. The fraction of sp³-hybridized carbons (Fsp3) is 0.238. The van der Waals surface area contributed by atoms with Gasteiger partial charge in [0.2, 0.25) is 5.91 Å². The molecule has 2 aromatic carbocycles. The number of nitrogens with zero attached hydrogens (tertiary/aromatic N) is 2. The molecule has 0 spiro atoms. The number of benzene rings is 2. The van der Waals surface area contributed by atoms with E-state index in [1.165, 1.54) is 17.0 Å². The molecule has 0 saturated heterocycles. The van der Waals surface area contributed by atoms with Gasteiger partial charge in [-0.05, 0) is 36.6 Å². The summed E-state index contributed by atoms with van der Waals surface area (Å²) >= 11 is 18.5. The van der Waals surface area contributed by atoms with Crippen molar-refractivity contribution in [3.8, 4) is 0 Å². The standard InChI is InChI=1S/C21H15Cl3N2O4/c22-14-8-7-11(9-17(14)26(29)30)25-16-5-2-6-18(27)20(16)13(10-19(25)28)12-3-1-4-15(23)21(12)24/h1,3-4,7-9,13H,2,5-6,10H2. The number of ketones is 1. The third-order valence-electron chi connectivity index (χ3n) is 5.42. The maximum absolute atomic E-state index is 13.2. The smallest absolute Gasteiger partial charge is 0.289 e. The van der Waals surface area contributed by atoms with Crippen molar-refractivity contribution in [3.63, 3.8) is 0 Å². The molecule has 0 N–H and O–H groups in total. The predicted molar refractivity (Wildman–Crippen MR) is 115 cm³/mol. The van der Waals surface area contributed by atoms with Gasteiger partial charge < -0.3 is 0 Å². The lowest BCUT2D eigenvalue weighted by Crippen LogP contribution is -2.40. The summed E-state index contributed by atoms with van der Waals surface area (Å²) in [6.07, 6.45) is 1.46. The van der Waals surface area contributed by atoms with Crippen molar-refractivity contribution in [2.75, 3.05) is 4.90 Å². The third kappa shape index (κ3) is 3.49. The highest BCUT2D eigenvalue weighted by molar-refractivity contribution is 6.42. The lowest BCUT2D eigenvalue weighted by atomic mass is 9.77. The Morgan fingerprint density at radius 3 is 2.53 bits per heavy atom. The molecule has 2 aliphatic rings. The van der Waals surface area contributed by atoms with Crippen LogP contribution < -0.4 is 4.90 Å². The summed E-state index contributed by atoms with van der Waals surface area (Å²) in [6.45, 7) is 0. The average molecular weight is 466 g/mol. The van der Waals surface area contributed by atoms with Crippen molar-refractivity contribution in [3.05, 3.63) is 78.4 Å². The maximum atomic E-state index is 13.2. The molecular formula is C21H15Cl3N2O4. The second-order valence-electron chi connectivity index (χ2n) is 7.16. The maximum Gasteiger partial charge on any atom is 0.289 e. The van der Waals surface area contributed by atoms with Crippen molar-refractivity contribution in [2.45, 2.75) is 31.6 Å². The predicted octanol–water partition coefficient (Wildman–Crippen LogP) is 6.08. The van der Waals surface area contributed by atoms with Crippen LogP contribution in [-0.4, -0.2) is 16.6 Å². The minimum atomic E-state index is -0.601. The number of anilines is 1. The Kier molecular flexibility index (Phi) is 5.57. The van der Waals surface area contributed by atoms with E-state index in [2.05, 4.69) is 0 Å². The highest BCUT2D eigenvalue weighted by Crippen LogP contribution is 2.46. The number of nitro groups is 1. The number of Topliss-reactive ketones (excluding diaryl/α,β-unsaturated/α-hetero) is 1. The minimum Gasteiger partial charge on any atom is -0.294 e. The Hall–Kier alpha value is -2.41. The first-order valence-corrected chi connectivity index (χ1v) is 10.4. The van der Waals surface area contributed by atoms with Crippen molar-refractivity contribution in [1.82, 2.24) is 0 Å². The van der Waals surface area contributed by atoms with Gasteiger partial charge in [0.05, 0.1) is 20.7 Å². The summed E-state index contributed by atoms with van der Waals surface area (Å²) in [5.74, 6) is -0.843. The lowest BCUT2D eigenvalue weighted by Gasteiger charge is -2.38. The molecule has 1 heterocycles. The van der Waals surface area contributed by atoms with Gasteiger partial charge in [0.25, 0.3) is 5.69 Å². The molecule has 2 aromatic rings. The molecule has 30 heavy (non-hydrogen) atoms. The summed E-state index contributed by atoms with van der Waals surface area (Å²) < 4.78 is 0. The van der Waals surface area contributed by atoms with Crippen LogP contribution in [0.2, 0.25) is 15.1 Å². The zero-order valence-electron chi connectivity index (χ0n) is 15.5. The van der Waals surface area contributed by atoms with Gasteiger partial charge in [-0.2, -0.15) is 0 Å². The number of halogens is 3. The minimum absolute atomic E-state index is 0.00105. The molecule has 0 bridgehead atoms. The molecule has 1 amide bonds. The van der Waals surface area contributed by atoms with E-state index in [1.807, 2.05) is 0 Å². The first kappa shape index (κ1) is 20.8. The number of carbonyl (C=O) groups excluding carboxylic acids is 2. The van der Waals surface area contributed by atoms with Crippen LogP contribution in [0.1, 0.15) is 37.2 Å². The van der Waals surface area contributed by atoms with Gasteiger partial charge in [0.15, 0.2) is 5.78 Å². The van der Waals surface area contributed by atoms with Crippen molar-refractivity contribution in [2.24, 2.45) is 0 Å². The quantitative estimate of drug-likeness (QED) is 0.406. The second kappa shape index (κ2) is 8.02. The van der Waals surface area contributed by atoms with Gasteiger partial charge >= 0.3 is 0 Å². The van der Waals surface area contributed by atoms with Crippen LogP contribution in [0.15, 0.2) is 47.7 Å². The summed E-state index contributed by atoms with van der Waals surface area (Å²) in [4.78, 5) is 38.2. The number of hydrogen-bond donors (Lipinski definition) is 0. The summed E-state index contributed by atoms with van der Waals surface area (Å²) in [7, 11) is 0. The first-order chi connectivity index (χ1) is 14.3. The zero-order chi connectivity index (χ0) is 21.6. The van der Waals surface area contributed by atoms with Crippen LogP contribution in [0.3, 0.4) is 0 Å². The zero-order valence-corrected chi connectivity index (χ0v) is 17.8. The number of carbonyl (C=O) groups is 2. The monoisotopic (exact) mass is 464 g/mol. The molecule has 0 saturated carbocycles. The van der Waals surface area contributed by atoms with E-state index in [1.54, 1.807) is 24.3 Å². The second-order valence-corrected chi connectivity index (χ2v) is 8.35. The van der Waals surface area contributed by atoms with Gasteiger partial charge in [0, 0.05) is 36.1 Å². The summed E-state index contributed by atoms with van der Waals surface area (Å²) in [6, 6.07) is 9.33. The Morgan fingerprint density at radius 2 is 1.80 bits per heavy atom. The molecule has 9 heteroatoms. The molecule has 1 atom stereocenters. The van der Waals surface area contributed by atoms with E-state index in [9.17, 15) is 19.7 Å². The van der Waals surface area contributed by atoms with E-state index in [4.69, 9.17) is 34.8 Å². The highest BCUT2D eigenvalue weighted by Gasteiger charge is 2.40. The topological polar surface area (TPSA) is 80.5 Å². The van der Waals surface area contributed by atoms with Crippen molar-refractivity contribution in [1.29, 1.82) is 0 Å². The largest absolute Gasteiger partial charge is 0.294 e. The molecule has 0 radical (unpaired) electrons. The summed E-state index contributed by atoms with van der Waals surface area (Å²) in [5.41, 5.74) is 1.71. The van der Waals surface area contributed by atoms with E-state index < -0.39 is 10.8 Å². The Morgan fingerprint density at radius 1 is 1.03 bits per heavy atom. The molecular weight excluding hydrogens is 451 g/mol. The third-order valence-corrected chi connectivity index (χ3v) is 6.57. The van der Waals surface area contributed by atoms with E-state index >= 15 is 0 Å². The van der Waals surface area contributed by atoms with Gasteiger partial charge in [-0.3, -0.25) is 24.6 Å². The molecule has 1 unspecified atom stereocenters. The van der Waals surface area contributed by atoms with Gasteiger partial charge in [0.1, 0.15) is 5.02 Å². The molecule has 0 fully saturated rings. The van der Waals surface area contributed by atoms with E-state index in [0.717, 1.165) is 0 Å². The number of rotatable bonds is 3. The van der Waals surface area contributed by atoms with Gasteiger partial charge in [-0.15, -0.1) is 0 Å². The Labute approximate surface area is 187 Å². The highest BCUT2D eigenvalue weighted by atomic mass is 35.5. The fourth-order valence-corrected chi connectivity index (χ4v) is 4.75. The van der Waals surface area contributed by atoms with Crippen LogP contribution in [-0.2, 0) is 9.59 Å². The Bertz CT molecular complexity index is 1130. The summed E-state index contributed by atoms with van der Waals surface area (Å²) in [5, 5.41) is 11.9. The molecule has 1 aliphatic carbocycles. The van der Waals surface area contributed by atoms with Gasteiger partial charge in [-0.25, -0.2) is 0 Å². The SMILES string of the molecule is O=C1CCCC2=C1C(c1cccc(Cl)c1Cl)CC(=O)N2c1ccc(Cl)c([N+](=O)[O-])c1. The van der Waals surface area contributed by atoms with E-state index in [0.29, 0.717) is 51.8 Å². The fourth-order valence-electron chi connectivity index (χ4n) is 4.13. The normalized spacial score (nSPS) is 19.2. The number of amides is 1. The average Bonchev–Trinajstić information content (AvgIpc) is 2.70. The first-order valence-electron chi connectivity index (χ1n) is 9.26. The Balaban J connectivity index is 1.89. The number of nitro benzene ring substituents is 1. The molecule has 6 nitrogen and oxygen atoms in total. The van der Waals surface area contributed by atoms with Crippen molar-refractivity contribution < 1.29 is 14.5 Å². The van der Waals surface area contributed by atoms with Crippen molar-refractivity contribution >= 4 is 57.9 Å². The molecule has 4 rings (SSSR count).